The third-order valence-corrected chi connectivity index (χ3v) is 4.79. The number of benzene rings is 2. The zero-order chi connectivity index (χ0) is 16.2. The van der Waals surface area contributed by atoms with Crippen LogP contribution in [0.25, 0.3) is 5.69 Å². The molecule has 118 valence electrons. The Kier molecular flexibility index (Phi) is 4.88. The van der Waals surface area contributed by atoms with E-state index in [9.17, 15) is 0 Å². The van der Waals surface area contributed by atoms with Gasteiger partial charge >= 0.3 is 0 Å². The third kappa shape index (κ3) is 3.51. The molecule has 0 radical (unpaired) electrons. The highest BCUT2D eigenvalue weighted by Gasteiger charge is 2.12. The first kappa shape index (κ1) is 15.9. The zero-order valence-corrected chi connectivity index (χ0v) is 14.4. The van der Waals surface area contributed by atoms with E-state index in [1.165, 1.54) is 0 Å². The summed E-state index contributed by atoms with van der Waals surface area (Å²) in [4.78, 5) is 0. The van der Waals surface area contributed by atoms with Gasteiger partial charge in [0, 0.05) is 16.5 Å². The second-order valence-corrected chi connectivity index (χ2v) is 6.29. The molecule has 0 N–H and O–H groups in total. The van der Waals surface area contributed by atoms with Gasteiger partial charge in [-0.3, -0.25) is 4.57 Å². The standard InChI is InChI=1S/C17H16ClN3OS/c1-12-19-20-17(23-11-13-5-3-4-6-16(13)18)21(12)14-7-9-15(22-2)10-8-14/h3-10H,11H2,1-2H3. The molecule has 0 aliphatic carbocycles. The Morgan fingerprint density at radius 1 is 1.09 bits per heavy atom. The van der Waals surface area contributed by atoms with Gasteiger partial charge in [-0.05, 0) is 42.8 Å². The van der Waals surface area contributed by atoms with Crippen molar-refractivity contribution in [2.45, 2.75) is 17.8 Å². The highest BCUT2D eigenvalue weighted by molar-refractivity contribution is 7.98. The first-order valence-corrected chi connectivity index (χ1v) is 8.48. The number of aryl methyl sites for hydroxylation is 1. The fourth-order valence-electron chi connectivity index (χ4n) is 2.22. The van der Waals surface area contributed by atoms with E-state index in [-0.39, 0.29) is 0 Å². The van der Waals surface area contributed by atoms with Crippen molar-refractivity contribution in [3.05, 3.63) is 64.9 Å². The number of rotatable bonds is 5. The Labute approximate surface area is 144 Å². The Morgan fingerprint density at radius 2 is 1.83 bits per heavy atom. The molecule has 1 aromatic heterocycles. The van der Waals surface area contributed by atoms with E-state index in [4.69, 9.17) is 16.3 Å². The van der Waals surface area contributed by atoms with Gasteiger partial charge in [0.1, 0.15) is 11.6 Å². The minimum atomic E-state index is 0.744. The topological polar surface area (TPSA) is 39.9 Å². The first-order valence-electron chi connectivity index (χ1n) is 7.11. The van der Waals surface area contributed by atoms with Crippen molar-refractivity contribution in [1.82, 2.24) is 14.8 Å². The van der Waals surface area contributed by atoms with Gasteiger partial charge in [0.25, 0.3) is 0 Å². The van der Waals surface area contributed by atoms with E-state index in [1.54, 1.807) is 18.9 Å². The molecule has 1 heterocycles. The van der Waals surface area contributed by atoms with Crippen molar-refractivity contribution < 1.29 is 4.74 Å². The van der Waals surface area contributed by atoms with Crippen LogP contribution < -0.4 is 4.74 Å². The van der Waals surface area contributed by atoms with E-state index >= 15 is 0 Å². The molecule has 0 aliphatic heterocycles. The summed E-state index contributed by atoms with van der Waals surface area (Å²) in [5.41, 5.74) is 2.09. The van der Waals surface area contributed by atoms with E-state index in [0.29, 0.717) is 0 Å². The largest absolute Gasteiger partial charge is 0.497 e. The van der Waals surface area contributed by atoms with Gasteiger partial charge in [-0.15, -0.1) is 10.2 Å². The maximum atomic E-state index is 6.22. The molecule has 0 atom stereocenters. The molecule has 0 amide bonds. The molecule has 0 spiro atoms. The quantitative estimate of drug-likeness (QED) is 0.637. The van der Waals surface area contributed by atoms with Crippen molar-refractivity contribution in [1.29, 1.82) is 0 Å². The van der Waals surface area contributed by atoms with Crippen LogP contribution in [0.4, 0.5) is 0 Å². The summed E-state index contributed by atoms with van der Waals surface area (Å²) in [7, 11) is 1.66. The fourth-order valence-corrected chi connectivity index (χ4v) is 3.51. The van der Waals surface area contributed by atoms with Crippen LogP contribution >= 0.6 is 23.4 Å². The fraction of sp³-hybridized carbons (Fsp3) is 0.176. The second kappa shape index (κ2) is 7.06. The molecular formula is C17H16ClN3OS. The Morgan fingerprint density at radius 3 is 2.52 bits per heavy atom. The Bertz CT molecular complexity index is 802. The number of ether oxygens (including phenoxy) is 1. The average molecular weight is 346 g/mol. The van der Waals surface area contributed by atoms with Crippen LogP contribution in [0.15, 0.2) is 53.7 Å². The molecule has 0 aliphatic rings. The van der Waals surface area contributed by atoms with Crippen LogP contribution in [0, 0.1) is 6.92 Å². The van der Waals surface area contributed by atoms with Gasteiger partial charge in [-0.1, -0.05) is 41.6 Å². The van der Waals surface area contributed by atoms with Gasteiger partial charge in [-0.2, -0.15) is 0 Å². The summed E-state index contributed by atoms with van der Waals surface area (Å²) >= 11 is 7.83. The number of hydrogen-bond donors (Lipinski definition) is 0. The van der Waals surface area contributed by atoms with Crippen molar-refractivity contribution in [2.75, 3.05) is 7.11 Å². The monoisotopic (exact) mass is 345 g/mol. The van der Waals surface area contributed by atoms with Gasteiger partial charge in [0.15, 0.2) is 5.16 Å². The molecule has 0 unspecified atom stereocenters. The number of methoxy groups -OCH3 is 1. The molecule has 6 heteroatoms. The summed E-state index contributed by atoms with van der Waals surface area (Å²) in [6.07, 6.45) is 0. The summed E-state index contributed by atoms with van der Waals surface area (Å²) in [6, 6.07) is 15.7. The molecule has 3 rings (SSSR count). The number of aromatic nitrogens is 3. The summed E-state index contributed by atoms with van der Waals surface area (Å²) < 4.78 is 7.23. The lowest BCUT2D eigenvalue weighted by Gasteiger charge is -2.09. The van der Waals surface area contributed by atoms with Gasteiger partial charge < -0.3 is 4.74 Å². The Balaban J connectivity index is 1.85. The maximum absolute atomic E-state index is 6.22. The lowest BCUT2D eigenvalue weighted by atomic mass is 10.2. The molecule has 0 saturated carbocycles. The lowest BCUT2D eigenvalue weighted by Crippen LogP contribution is -1.99. The highest BCUT2D eigenvalue weighted by Crippen LogP contribution is 2.28. The zero-order valence-electron chi connectivity index (χ0n) is 12.9. The van der Waals surface area contributed by atoms with Gasteiger partial charge in [0.05, 0.1) is 7.11 Å². The van der Waals surface area contributed by atoms with Crippen LogP contribution in [0.5, 0.6) is 5.75 Å². The van der Waals surface area contributed by atoms with Crippen molar-refractivity contribution in [3.63, 3.8) is 0 Å². The molecule has 0 saturated heterocycles. The van der Waals surface area contributed by atoms with Crippen LogP contribution in [0.2, 0.25) is 5.02 Å². The minimum Gasteiger partial charge on any atom is -0.497 e. The highest BCUT2D eigenvalue weighted by atomic mass is 35.5. The van der Waals surface area contributed by atoms with E-state index in [2.05, 4.69) is 10.2 Å². The smallest absolute Gasteiger partial charge is 0.196 e. The molecule has 2 aromatic carbocycles. The SMILES string of the molecule is COc1ccc(-n2c(C)nnc2SCc2ccccc2Cl)cc1. The van der Waals surface area contributed by atoms with E-state index in [1.807, 2.05) is 60.0 Å². The summed E-state index contributed by atoms with van der Waals surface area (Å²) in [5, 5.41) is 10.1. The number of halogens is 1. The second-order valence-electron chi connectivity index (χ2n) is 4.94. The van der Waals surface area contributed by atoms with E-state index < -0.39 is 0 Å². The molecular weight excluding hydrogens is 330 g/mol. The lowest BCUT2D eigenvalue weighted by molar-refractivity contribution is 0.414. The van der Waals surface area contributed by atoms with Crippen LogP contribution in [-0.2, 0) is 5.75 Å². The molecule has 0 fully saturated rings. The molecule has 3 aromatic rings. The van der Waals surface area contributed by atoms with Gasteiger partial charge in [-0.25, -0.2) is 0 Å². The van der Waals surface area contributed by atoms with Crippen LogP contribution in [0.1, 0.15) is 11.4 Å². The predicted molar refractivity (Wildman–Crippen MR) is 93.7 cm³/mol. The van der Waals surface area contributed by atoms with Crippen molar-refractivity contribution in [2.24, 2.45) is 0 Å². The number of thioether (sulfide) groups is 1. The Hall–Kier alpha value is -1.98. The summed E-state index contributed by atoms with van der Waals surface area (Å²) in [6.45, 7) is 1.94. The maximum Gasteiger partial charge on any atom is 0.196 e. The van der Waals surface area contributed by atoms with Crippen molar-refractivity contribution >= 4 is 23.4 Å². The number of nitrogens with zero attached hydrogens (tertiary/aromatic N) is 3. The molecule has 4 nitrogen and oxygen atoms in total. The average Bonchev–Trinajstić information content (AvgIpc) is 2.95. The normalized spacial score (nSPS) is 10.7. The van der Waals surface area contributed by atoms with Crippen molar-refractivity contribution in [3.8, 4) is 11.4 Å². The first-order chi connectivity index (χ1) is 11.2. The van der Waals surface area contributed by atoms with E-state index in [0.717, 1.165) is 38.8 Å². The van der Waals surface area contributed by atoms with Gasteiger partial charge in [0.2, 0.25) is 0 Å². The molecule has 23 heavy (non-hydrogen) atoms. The molecule has 0 bridgehead atoms. The minimum absolute atomic E-state index is 0.744. The predicted octanol–water partition coefficient (Wildman–Crippen LogP) is 4.53. The van der Waals surface area contributed by atoms with Crippen LogP contribution in [-0.4, -0.2) is 21.9 Å². The third-order valence-electron chi connectivity index (χ3n) is 3.44. The number of hydrogen-bond acceptors (Lipinski definition) is 4. The van der Waals surface area contributed by atoms with Crippen LogP contribution in [0.3, 0.4) is 0 Å². The summed E-state index contributed by atoms with van der Waals surface area (Å²) in [5.74, 6) is 2.41.